The molecule has 2 aliphatic carbocycles. The second kappa shape index (κ2) is 14.2. The van der Waals surface area contributed by atoms with Gasteiger partial charge in [0.25, 0.3) is 0 Å². The van der Waals surface area contributed by atoms with Crippen molar-refractivity contribution in [3.8, 4) is 0 Å². The summed E-state index contributed by atoms with van der Waals surface area (Å²) in [5.74, 6) is -0.828. The van der Waals surface area contributed by atoms with Gasteiger partial charge >= 0.3 is 0 Å². The molecule has 16 nitrogen and oxygen atoms in total. The molecule has 0 aromatic carbocycles. The van der Waals surface area contributed by atoms with Crippen LogP contribution < -0.4 is 0 Å². The van der Waals surface area contributed by atoms with E-state index in [0.717, 1.165) is 0 Å². The van der Waals surface area contributed by atoms with Crippen LogP contribution in [0.5, 0.6) is 0 Å². The zero-order chi connectivity index (χ0) is 32.0. The van der Waals surface area contributed by atoms with Gasteiger partial charge in [0.05, 0.1) is 55.4 Å². The summed E-state index contributed by atoms with van der Waals surface area (Å²) in [4.78, 5) is 0. The molecule has 3 saturated heterocycles. The Balaban J connectivity index is 1.31. The quantitative estimate of drug-likeness (QED) is 0.126. The molecule has 5 fully saturated rings. The first-order valence-electron chi connectivity index (χ1n) is 15.4. The van der Waals surface area contributed by atoms with Gasteiger partial charge in [-0.15, -0.1) is 0 Å². The molecule has 3 aliphatic heterocycles. The molecule has 10 N–H and O–H groups in total. The average molecular weight is 641 g/mol. The van der Waals surface area contributed by atoms with Gasteiger partial charge in [0, 0.05) is 13.0 Å². The first-order chi connectivity index (χ1) is 20.8. The highest BCUT2D eigenvalue weighted by Gasteiger charge is 2.53. The molecule has 20 unspecified atom stereocenters. The zero-order valence-electron chi connectivity index (χ0n) is 24.7. The molecule has 0 bridgehead atoms. The van der Waals surface area contributed by atoms with Crippen molar-refractivity contribution in [3.63, 3.8) is 0 Å². The zero-order valence-corrected chi connectivity index (χ0v) is 24.7. The van der Waals surface area contributed by atoms with Gasteiger partial charge < -0.3 is 79.5 Å². The van der Waals surface area contributed by atoms with Gasteiger partial charge in [-0.05, 0) is 44.9 Å². The lowest BCUT2D eigenvalue weighted by Crippen LogP contribution is -2.63. The summed E-state index contributed by atoms with van der Waals surface area (Å²) in [6.45, 7) is 1.01. The number of methoxy groups -OCH3 is 1. The molecule has 0 aromatic rings. The molecule has 5 rings (SSSR count). The molecule has 256 valence electrons. The summed E-state index contributed by atoms with van der Waals surface area (Å²) < 4.78 is 34.9. The summed E-state index contributed by atoms with van der Waals surface area (Å²) in [5.41, 5.74) is 0. The molecule has 44 heavy (non-hydrogen) atoms. The Morgan fingerprint density at radius 3 is 2.00 bits per heavy atom. The Hall–Kier alpha value is -0.640. The number of fused-ring (bicyclic) bond motifs is 1. The number of hydrogen-bond acceptors (Lipinski definition) is 16. The molecule has 0 aromatic heterocycles. The Morgan fingerprint density at radius 1 is 0.614 bits per heavy atom. The van der Waals surface area contributed by atoms with Crippen LogP contribution in [0.3, 0.4) is 0 Å². The maximum atomic E-state index is 10.8. The highest BCUT2D eigenvalue weighted by Crippen LogP contribution is 2.43. The molecule has 0 spiro atoms. The number of rotatable bonds is 7. The third-order valence-corrected chi connectivity index (χ3v) is 10.0. The van der Waals surface area contributed by atoms with E-state index in [1.54, 1.807) is 0 Å². The molecule has 20 atom stereocenters. The first kappa shape index (κ1) is 34.7. The van der Waals surface area contributed by atoms with Crippen molar-refractivity contribution in [1.29, 1.82) is 0 Å². The Kier molecular flexibility index (Phi) is 11.2. The van der Waals surface area contributed by atoms with Crippen molar-refractivity contribution in [3.05, 3.63) is 0 Å². The molecular weight excluding hydrogens is 592 g/mol. The minimum atomic E-state index is -1.73. The van der Waals surface area contributed by atoms with Crippen molar-refractivity contribution < 1.29 is 79.5 Å². The van der Waals surface area contributed by atoms with Gasteiger partial charge in [0.1, 0.15) is 48.8 Å². The maximum absolute atomic E-state index is 10.8. The number of ether oxygens (including phenoxy) is 6. The van der Waals surface area contributed by atoms with Crippen LogP contribution >= 0.6 is 0 Å². The summed E-state index contributed by atoms with van der Waals surface area (Å²) in [6.07, 6.45) is -20.3. The highest BCUT2D eigenvalue weighted by atomic mass is 16.7. The Labute approximate surface area is 254 Å². The third-order valence-electron chi connectivity index (χ3n) is 10.0. The largest absolute Gasteiger partial charge is 0.393 e. The average Bonchev–Trinajstić information content (AvgIpc) is 2.99. The topological polar surface area (TPSA) is 258 Å². The lowest BCUT2D eigenvalue weighted by Gasteiger charge is -2.51. The van der Waals surface area contributed by atoms with E-state index in [1.165, 1.54) is 14.0 Å². The molecule has 16 heteroatoms. The SMILES string of the molecule is COC1CC(C2OC3CC(O)CC(O)C3CC2OC2OC(COC3OC(C)C(O)C(O)C3O)C(O)C(O)C2O)CC(O)C1O. The summed E-state index contributed by atoms with van der Waals surface area (Å²) in [7, 11) is 1.42. The predicted octanol–water partition coefficient (Wildman–Crippen LogP) is -4.54. The van der Waals surface area contributed by atoms with Crippen LogP contribution in [0.1, 0.15) is 39.0 Å². The summed E-state index contributed by atoms with van der Waals surface area (Å²) >= 11 is 0. The molecule has 5 aliphatic rings. The standard InChI is InChI=1S/C28H48O16/c1-9-19(32)22(35)24(37)27(41-9)40-8-18-21(34)23(36)25(38)28(44-18)43-17-7-12-13(30)5-11(29)6-15(12)42-26(17)10-3-14(31)20(33)16(4-10)39-2/h9-38H,3-8H2,1-2H3. The minimum absolute atomic E-state index is 0.141. The third kappa shape index (κ3) is 6.96. The number of hydrogen-bond donors (Lipinski definition) is 10. The monoisotopic (exact) mass is 640 g/mol. The van der Waals surface area contributed by atoms with Crippen LogP contribution in [0.15, 0.2) is 0 Å². The fourth-order valence-electron chi connectivity index (χ4n) is 7.36. The summed E-state index contributed by atoms with van der Waals surface area (Å²) in [5, 5.41) is 104. The van der Waals surface area contributed by atoms with E-state index in [9.17, 15) is 51.1 Å². The van der Waals surface area contributed by atoms with Gasteiger partial charge in [-0.1, -0.05) is 0 Å². The maximum Gasteiger partial charge on any atom is 0.187 e. The number of aliphatic hydroxyl groups is 10. The molecule has 3 heterocycles. The minimum Gasteiger partial charge on any atom is -0.393 e. The Bertz CT molecular complexity index is 930. The van der Waals surface area contributed by atoms with E-state index < -0.39 is 129 Å². The van der Waals surface area contributed by atoms with Crippen LogP contribution in [0.2, 0.25) is 0 Å². The van der Waals surface area contributed by atoms with E-state index in [4.69, 9.17) is 28.4 Å². The van der Waals surface area contributed by atoms with Crippen molar-refractivity contribution in [2.24, 2.45) is 11.8 Å². The fraction of sp³-hybridized carbons (Fsp3) is 1.00. The van der Waals surface area contributed by atoms with Gasteiger partial charge in [-0.3, -0.25) is 0 Å². The van der Waals surface area contributed by atoms with Crippen LogP contribution in [0.25, 0.3) is 0 Å². The predicted molar refractivity (Wildman–Crippen MR) is 143 cm³/mol. The number of aliphatic hydroxyl groups excluding tert-OH is 10. The normalized spacial score (nSPS) is 55.4. The van der Waals surface area contributed by atoms with Crippen molar-refractivity contribution in [2.45, 2.75) is 149 Å². The second-order valence-electron chi connectivity index (χ2n) is 13.0. The van der Waals surface area contributed by atoms with E-state index in [0.29, 0.717) is 6.42 Å². The van der Waals surface area contributed by atoms with Gasteiger partial charge in [-0.2, -0.15) is 0 Å². The van der Waals surface area contributed by atoms with Crippen molar-refractivity contribution in [2.75, 3.05) is 13.7 Å². The molecular formula is C28H48O16. The van der Waals surface area contributed by atoms with E-state index in [1.807, 2.05) is 0 Å². The van der Waals surface area contributed by atoms with Crippen molar-refractivity contribution >= 4 is 0 Å². The highest BCUT2D eigenvalue weighted by molar-refractivity contribution is 5.00. The fourth-order valence-corrected chi connectivity index (χ4v) is 7.36. The molecule has 0 radical (unpaired) electrons. The van der Waals surface area contributed by atoms with E-state index in [2.05, 4.69) is 0 Å². The summed E-state index contributed by atoms with van der Waals surface area (Å²) in [6, 6.07) is 0. The van der Waals surface area contributed by atoms with E-state index in [-0.39, 0.29) is 25.7 Å². The van der Waals surface area contributed by atoms with Crippen LogP contribution in [0, 0.1) is 11.8 Å². The van der Waals surface area contributed by atoms with Crippen molar-refractivity contribution in [1.82, 2.24) is 0 Å². The first-order valence-corrected chi connectivity index (χ1v) is 15.4. The van der Waals surface area contributed by atoms with Crippen LogP contribution in [-0.4, -0.2) is 175 Å². The van der Waals surface area contributed by atoms with Crippen LogP contribution in [0.4, 0.5) is 0 Å². The second-order valence-corrected chi connectivity index (χ2v) is 13.0. The van der Waals surface area contributed by atoms with Gasteiger partial charge in [0.2, 0.25) is 0 Å². The van der Waals surface area contributed by atoms with E-state index >= 15 is 0 Å². The van der Waals surface area contributed by atoms with Gasteiger partial charge in [0.15, 0.2) is 12.6 Å². The van der Waals surface area contributed by atoms with Gasteiger partial charge in [-0.25, -0.2) is 0 Å². The Morgan fingerprint density at radius 2 is 1.30 bits per heavy atom. The lowest BCUT2D eigenvalue weighted by molar-refractivity contribution is -0.346. The smallest absolute Gasteiger partial charge is 0.187 e. The molecule has 2 saturated carbocycles. The molecule has 0 amide bonds. The lowest BCUT2D eigenvalue weighted by atomic mass is 9.72. The van der Waals surface area contributed by atoms with Crippen LogP contribution in [-0.2, 0) is 28.4 Å².